The van der Waals surface area contributed by atoms with E-state index in [0.29, 0.717) is 51.4 Å². The standard InChI is InChI=1S/C40H73N11O14S3/c1-59-32-18-25(47-46-24-7-4-8-26(16-24)66-64-62-54)11-13-29(32)48-49-30-19-34(61-3)31(20-33(30)60-2)50-51-36-35(67-65-63-55)15-21-14-23(10-12-28(21)37(36)52)42-39-43-38(44-40(53)45-39)41-22-6-5-9-27(17-22)68(56,57)58/h21-45,52-55H,4-20H2,1-3H3,(H,56,57,58). The number of aliphatic hydroxyl groups excluding tert-OH is 2. The number of aliphatic hydroxyl groups is 2. The van der Waals surface area contributed by atoms with E-state index in [4.69, 9.17) is 54.6 Å². The molecule has 7 rings (SSSR count). The number of rotatable bonds is 20. The molecule has 25 nitrogen and oxygen atoms in total. The number of hydrogen-bond donors (Lipinski definition) is 10. The summed E-state index contributed by atoms with van der Waals surface area (Å²) in [5.74, 6) is -0.0114. The Bertz CT molecular complexity index is 1740. The Labute approximate surface area is 406 Å². The van der Waals surface area contributed by atoms with Gasteiger partial charge < -0.3 is 24.4 Å². The van der Waals surface area contributed by atoms with E-state index in [1.54, 1.807) is 21.3 Å². The summed E-state index contributed by atoms with van der Waals surface area (Å²) in [5, 5.41) is 91.8. The molecule has 0 amide bonds. The number of azo groups is 3. The van der Waals surface area contributed by atoms with Crippen LogP contribution >= 0.6 is 24.1 Å². The lowest BCUT2D eigenvalue weighted by Crippen LogP contribution is -2.76. The molecule has 68 heavy (non-hydrogen) atoms. The van der Waals surface area contributed by atoms with Gasteiger partial charge in [0, 0.05) is 75.6 Å². The Hall–Kier alpha value is -1.23. The van der Waals surface area contributed by atoms with Crippen molar-refractivity contribution in [1.82, 2.24) is 26.6 Å². The average molecular weight is 1030 g/mol. The van der Waals surface area contributed by atoms with E-state index < -0.39 is 51.7 Å². The van der Waals surface area contributed by atoms with Crippen molar-refractivity contribution >= 4 is 34.2 Å². The van der Waals surface area contributed by atoms with Gasteiger partial charge in [0.15, 0.2) is 6.35 Å². The van der Waals surface area contributed by atoms with Crippen LogP contribution in [0.2, 0.25) is 0 Å². The summed E-state index contributed by atoms with van der Waals surface area (Å²) in [6, 6.07) is -1.52. The first-order valence-corrected chi connectivity index (χ1v) is 27.2. The topological polar surface area (TPSA) is 334 Å². The fourth-order valence-corrected chi connectivity index (χ4v) is 14.0. The first-order valence-electron chi connectivity index (χ1n) is 24.1. The van der Waals surface area contributed by atoms with Gasteiger partial charge >= 0.3 is 0 Å². The summed E-state index contributed by atoms with van der Waals surface area (Å²) < 4.78 is 60.6. The molecule has 7 fully saturated rings. The van der Waals surface area contributed by atoms with Crippen LogP contribution < -0.4 is 26.6 Å². The van der Waals surface area contributed by atoms with Gasteiger partial charge in [-0.15, -0.1) is 8.67 Å². The lowest BCUT2D eigenvalue weighted by Gasteiger charge is -2.48. The highest BCUT2D eigenvalue weighted by molar-refractivity contribution is 7.95. The van der Waals surface area contributed by atoms with Gasteiger partial charge in [-0.25, -0.2) is 10.5 Å². The van der Waals surface area contributed by atoms with E-state index in [1.807, 2.05) is 0 Å². The molecule has 0 aromatic heterocycles. The summed E-state index contributed by atoms with van der Waals surface area (Å²) in [6.45, 7) is 0. The maximum atomic E-state index is 11.9. The number of ether oxygens (including phenoxy) is 3. The largest absolute Gasteiger partial charge is 0.390 e. The van der Waals surface area contributed by atoms with E-state index >= 15 is 0 Å². The third kappa shape index (κ3) is 15.2. The highest BCUT2D eigenvalue weighted by Crippen LogP contribution is 2.46. The smallest absolute Gasteiger partial charge is 0.267 e. The molecule has 28 heteroatoms. The first-order chi connectivity index (χ1) is 32.9. The molecule has 7 aliphatic rings. The normalized spacial score (nSPS) is 43.3. The summed E-state index contributed by atoms with van der Waals surface area (Å²) in [5.41, 5.74) is 0. The van der Waals surface area contributed by atoms with Crippen molar-refractivity contribution in [2.24, 2.45) is 42.5 Å². The van der Waals surface area contributed by atoms with Crippen LogP contribution in [0.5, 0.6) is 0 Å². The zero-order valence-electron chi connectivity index (χ0n) is 38.9. The SMILES string of the molecule is COC1CC(N=NC2CCCC(SOOO)C2)CCC1N=NC1CC(OC)C(N=NC2C(SOOO)CC3CC(NC4NC(O)NC(NC5CCCC(S(=O)(=O)O)C5)N4)CCC3C2O)CC1OC. The molecule has 20 unspecified atom stereocenters. The molecule has 1 aliphatic heterocycles. The minimum Gasteiger partial charge on any atom is -0.390 e. The van der Waals surface area contributed by atoms with Crippen LogP contribution in [0.25, 0.3) is 0 Å². The Balaban J connectivity index is 0.908. The minimum absolute atomic E-state index is 0.0146. The van der Waals surface area contributed by atoms with Crippen LogP contribution in [0.15, 0.2) is 30.7 Å². The number of hydrogen-bond acceptors (Lipinski definition) is 26. The minimum atomic E-state index is -4.14. The average Bonchev–Trinajstić information content (AvgIpc) is 3.33. The summed E-state index contributed by atoms with van der Waals surface area (Å²) in [4.78, 5) is 0. The predicted molar refractivity (Wildman–Crippen MR) is 246 cm³/mol. The van der Waals surface area contributed by atoms with Crippen molar-refractivity contribution in [3.8, 4) is 0 Å². The molecule has 20 atom stereocenters. The molecule has 390 valence electrons. The van der Waals surface area contributed by atoms with Crippen molar-refractivity contribution in [3.63, 3.8) is 0 Å². The molecule has 0 spiro atoms. The Morgan fingerprint density at radius 2 is 1.19 bits per heavy atom. The van der Waals surface area contributed by atoms with E-state index in [0.717, 1.165) is 75.5 Å². The molecule has 0 bridgehead atoms. The maximum absolute atomic E-state index is 11.9. The summed E-state index contributed by atoms with van der Waals surface area (Å²) >= 11 is 2.01. The Morgan fingerprint density at radius 3 is 1.85 bits per heavy atom. The van der Waals surface area contributed by atoms with Gasteiger partial charge in [-0.1, -0.05) is 22.9 Å². The predicted octanol–water partition coefficient (Wildman–Crippen LogP) is 3.58. The Kier molecular flexibility index (Phi) is 21.4. The quantitative estimate of drug-likeness (QED) is 0.0274. The number of nitrogens with one attached hydrogen (secondary N) is 5. The van der Waals surface area contributed by atoms with Crippen LogP contribution in [0, 0.1) is 11.8 Å². The molecule has 0 aromatic rings. The molecule has 0 radical (unpaired) electrons. The highest BCUT2D eigenvalue weighted by Gasteiger charge is 2.49. The molecular formula is C40H73N11O14S3. The second-order valence-electron chi connectivity index (χ2n) is 19.4. The molecular weight excluding hydrogens is 955 g/mol. The van der Waals surface area contributed by atoms with Gasteiger partial charge in [-0.2, -0.15) is 39.1 Å². The summed E-state index contributed by atoms with van der Waals surface area (Å²) in [6.07, 6.45) is 8.01. The third-order valence-electron chi connectivity index (χ3n) is 15.1. The molecule has 1 saturated heterocycles. The number of nitrogens with zero attached hydrogens (tertiary/aromatic N) is 6. The van der Waals surface area contributed by atoms with Gasteiger partial charge in [-0.05, 0) is 95.3 Å². The monoisotopic (exact) mass is 1030 g/mol. The molecule has 6 saturated carbocycles. The van der Waals surface area contributed by atoms with Crippen molar-refractivity contribution < 1.29 is 66.7 Å². The van der Waals surface area contributed by atoms with Crippen LogP contribution in [-0.4, -0.2) is 162 Å². The van der Waals surface area contributed by atoms with Crippen molar-refractivity contribution in [2.45, 2.75) is 217 Å². The van der Waals surface area contributed by atoms with Crippen molar-refractivity contribution in [1.29, 1.82) is 0 Å². The van der Waals surface area contributed by atoms with Crippen LogP contribution in [0.3, 0.4) is 0 Å². The van der Waals surface area contributed by atoms with E-state index in [1.165, 1.54) is 0 Å². The zero-order valence-corrected chi connectivity index (χ0v) is 41.3. The van der Waals surface area contributed by atoms with Gasteiger partial charge in [0.2, 0.25) is 0 Å². The molecule has 1 heterocycles. The van der Waals surface area contributed by atoms with E-state index in [-0.39, 0.29) is 84.1 Å². The fourth-order valence-electron chi connectivity index (χ4n) is 11.6. The van der Waals surface area contributed by atoms with E-state index in [9.17, 15) is 23.2 Å². The third-order valence-corrected chi connectivity index (χ3v) is 18.1. The highest BCUT2D eigenvalue weighted by atomic mass is 32.2. The maximum Gasteiger partial charge on any atom is 0.267 e. The lowest BCUT2D eigenvalue weighted by molar-refractivity contribution is -0.432. The van der Waals surface area contributed by atoms with Crippen LogP contribution in [0.4, 0.5) is 0 Å². The van der Waals surface area contributed by atoms with Gasteiger partial charge in [0.25, 0.3) is 10.1 Å². The number of fused-ring (bicyclic) bond motifs is 1. The zero-order chi connectivity index (χ0) is 48.2. The fraction of sp³-hybridized carbons (Fsp3) is 1.00. The first kappa shape index (κ1) is 54.5. The van der Waals surface area contributed by atoms with Crippen molar-refractivity contribution in [2.75, 3.05) is 21.3 Å². The second kappa shape index (κ2) is 26.6. The van der Waals surface area contributed by atoms with E-state index in [2.05, 4.69) is 46.1 Å². The Morgan fingerprint density at radius 1 is 0.588 bits per heavy atom. The van der Waals surface area contributed by atoms with Crippen LogP contribution in [-0.2, 0) is 43.1 Å². The molecule has 6 aliphatic carbocycles. The lowest BCUT2D eigenvalue weighted by atomic mass is 9.66. The van der Waals surface area contributed by atoms with Gasteiger partial charge in [0.1, 0.15) is 18.6 Å². The second-order valence-corrected chi connectivity index (χ2v) is 23.0. The van der Waals surface area contributed by atoms with Gasteiger partial charge in [-0.3, -0.25) is 31.1 Å². The van der Waals surface area contributed by atoms with Gasteiger partial charge in [0.05, 0.1) is 65.1 Å². The van der Waals surface area contributed by atoms with Crippen molar-refractivity contribution in [3.05, 3.63) is 0 Å². The summed E-state index contributed by atoms with van der Waals surface area (Å²) in [7, 11) is 0.831. The van der Waals surface area contributed by atoms with Crippen LogP contribution in [0.1, 0.15) is 109 Å². The molecule has 0 aromatic carbocycles. The molecule has 10 N–H and O–H groups in total. The number of methoxy groups -OCH3 is 3.